The van der Waals surface area contributed by atoms with Crippen LogP contribution in [0.25, 0.3) is 0 Å². The molecule has 0 unspecified atom stereocenters. The molecule has 0 bridgehead atoms. The molecule has 0 radical (unpaired) electrons. The molecule has 2 aliphatic heterocycles. The molecule has 118 valence electrons. The third kappa shape index (κ3) is 3.19. The van der Waals surface area contributed by atoms with Crippen molar-refractivity contribution in [1.82, 2.24) is 9.80 Å². The van der Waals surface area contributed by atoms with Gasteiger partial charge in [0.05, 0.1) is 12.0 Å². The maximum Gasteiger partial charge on any atom is 0.311 e. The van der Waals surface area contributed by atoms with Crippen LogP contribution in [0.5, 0.6) is 0 Å². The minimum Gasteiger partial charge on any atom is -0.481 e. The number of amides is 2. The SMILES string of the molecule is C[C@@H]1CN(C(=O)CN2CCCCCC2=O)C[C@@]1(C)C(=O)O. The number of aliphatic carboxylic acids is 1. The van der Waals surface area contributed by atoms with Crippen LogP contribution in [-0.2, 0) is 14.4 Å². The molecular weight excluding hydrogens is 272 g/mol. The Balaban J connectivity index is 1.98. The summed E-state index contributed by atoms with van der Waals surface area (Å²) < 4.78 is 0. The van der Waals surface area contributed by atoms with Crippen molar-refractivity contribution in [3.05, 3.63) is 0 Å². The second kappa shape index (κ2) is 6.03. The minimum absolute atomic E-state index is 0.0362. The molecule has 2 saturated heterocycles. The summed E-state index contributed by atoms with van der Waals surface area (Å²) in [4.78, 5) is 38.9. The van der Waals surface area contributed by atoms with E-state index >= 15 is 0 Å². The lowest BCUT2D eigenvalue weighted by atomic mass is 9.81. The van der Waals surface area contributed by atoms with E-state index in [1.165, 1.54) is 0 Å². The van der Waals surface area contributed by atoms with Crippen LogP contribution >= 0.6 is 0 Å². The van der Waals surface area contributed by atoms with Crippen LogP contribution in [0.1, 0.15) is 39.5 Å². The largest absolute Gasteiger partial charge is 0.481 e. The summed E-state index contributed by atoms with van der Waals surface area (Å²) in [7, 11) is 0. The molecule has 0 aliphatic carbocycles. The Morgan fingerprint density at radius 3 is 2.67 bits per heavy atom. The first-order valence-electron chi connectivity index (χ1n) is 7.63. The van der Waals surface area contributed by atoms with Crippen LogP contribution in [0, 0.1) is 11.3 Å². The van der Waals surface area contributed by atoms with Gasteiger partial charge in [-0.05, 0) is 25.7 Å². The van der Waals surface area contributed by atoms with Crippen LogP contribution in [0.3, 0.4) is 0 Å². The summed E-state index contributed by atoms with van der Waals surface area (Å²) in [6.07, 6.45) is 3.36. The molecule has 6 nitrogen and oxygen atoms in total. The molecule has 21 heavy (non-hydrogen) atoms. The molecule has 0 saturated carbocycles. The molecule has 2 heterocycles. The van der Waals surface area contributed by atoms with Crippen molar-refractivity contribution >= 4 is 17.8 Å². The highest BCUT2D eigenvalue weighted by Gasteiger charge is 2.47. The highest BCUT2D eigenvalue weighted by atomic mass is 16.4. The highest BCUT2D eigenvalue weighted by molar-refractivity contribution is 5.86. The number of hydrogen-bond acceptors (Lipinski definition) is 3. The number of carbonyl (C=O) groups excluding carboxylic acids is 2. The average Bonchev–Trinajstić information content (AvgIpc) is 2.60. The summed E-state index contributed by atoms with van der Waals surface area (Å²) in [6.45, 7) is 4.93. The van der Waals surface area contributed by atoms with E-state index in [1.54, 1.807) is 16.7 Å². The van der Waals surface area contributed by atoms with Gasteiger partial charge in [-0.25, -0.2) is 0 Å². The van der Waals surface area contributed by atoms with E-state index in [0.717, 1.165) is 19.3 Å². The topological polar surface area (TPSA) is 77.9 Å². The van der Waals surface area contributed by atoms with Crippen molar-refractivity contribution < 1.29 is 19.5 Å². The van der Waals surface area contributed by atoms with Gasteiger partial charge in [0.15, 0.2) is 0 Å². The molecular formula is C15H24N2O4. The fourth-order valence-corrected chi connectivity index (χ4v) is 3.09. The maximum absolute atomic E-state index is 12.4. The summed E-state index contributed by atoms with van der Waals surface area (Å²) in [5, 5.41) is 9.34. The van der Waals surface area contributed by atoms with Gasteiger partial charge in [0.25, 0.3) is 0 Å². The number of rotatable bonds is 3. The van der Waals surface area contributed by atoms with E-state index in [9.17, 15) is 19.5 Å². The molecule has 6 heteroatoms. The number of likely N-dealkylation sites (tertiary alicyclic amines) is 2. The van der Waals surface area contributed by atoms with Crippen LogP contribution in [0.15, 0.2) is 0 Å². The Bertz CT molecular complexity index is 451. The van der Waals surface area contributed by atoms with Gasteiger partial charge >= 0.3 is 5.97 Å². The van der Waals surface area contributed by atoms with Crippen molar-refractivity contribution in [3.63, 3.8) is 0 Å². The Kier molecular flexibility index (Phi) is 4.54. The fourth-order valence-electron chi connectivity index (χ4n) is 3.09. The Labute approximate surface area is 125 Å². The molecule has 0 aromatic heterocycles. The highest BCUT2D eigenvalue weighted by Crippen LogP contribution is 2.35. The first-order chi connectivity index (χ1) is 9.84. The van der Waals surface area contributed by atoms with Gasteiger partial charge in [0.2, 0.25) is 11.8 Å². The quantitative estimate of drug-likeness (QED) is 0.841. The molecule has 1 N–H and O–H groups in total. The van der Waals surface area contributed by atoms with Gasteiger partial charge in [-0.15, -0.1) is 0 Å². The van der Waals surface area contributed by atoms with E-state index < -0.39 is 11.4 Å². The Morgan fingerprint density at radius 2 is 2.05 bits per heavy atom. The lowest BCUT2D eigenvalue weighted by Crippen LogP contribution is -2.43. The predicted octanol–water partition coefficient (Wildman–Crippen LogP) is 0.958. The van der Waals surface area contributed by atoms with Crippen molar-refractivity contribution in [1.29, 1.82) is 0 Å². The van der Waals surface area contributed by atoms with E-state index in [-0.39, 0.29) is 30.8 Å². The number of carboxylic acids is 1. The molecule has 2 aliphatic rings. The van der Waals surface area contributed by atoms with E-state index in [2.05, 4.69) is 0 Å². The number of carboxylic acid groups (broad SMARTS) is 1. The van der Waals surface area contributed by atoms with E-state index in [0.29, 0.717) is 19.5 Å². The summed E-state index contributed by atoms with van der Waals surface area (Å²) >= 11 is 0. The van der Waals surface area contributed by atoms with Gasteiger partial charge in [-0.1, -0.05) is 13.3 Å². The van der Waals surface area contributed by atoms with Crippen LogP contribution < -0.4 is 0 Å². The van der Waals surface area contributed by atoms with Crippen molar-refractivity contribution in [2.24, 2.45) is 11.3 Å². The maximum atomic E-state index is 12.4. The summed E-state index contributed by atoms with van der Waals surface area (Å²) in [5.74, 6) is -1.05. The first-order valence-corrected chi connectivity index (χ1v) is 7.63. The third-order valence-electron chi connectivity index (χ3n) is 4.94. The van der Waals surface area contributed by atoms with E-state index in [4.69, 9.17) is 0 Å². The lowest BCUT2D eigenvalue weighted by Gasteiger charge is -2.25. The smallest absolute Gasteiger partial charge is 0.311 e. The molecule has 2 amide bonds. The van der Waals surface area contributed by atoms with Crippen molar-refractivity contribution in [2.75, 3.05) is 26.2 Å². The minimum atomic E-state index is -0.890. The van der Waals surface area contributed by atoms with Gasteiger partial charge < -0.3 is 14.9 Å². The second-order valence-corrected chi connectivity index (χ2v) is 6.52. The standard InChI is InChI=1S/C15H24N2O4/c1-11-8-17(10-15(11,2)14(20)21)13(19)9-16-7-5-3-4-6-12(16)18/h11H,3-10H2,1-2H3,(H,20,21)/t11-,15-/m1/s1. The fraction of sp³-hybridized carbons (Fsp3) is 0.800. The van der Waals surface area contributed by atoms with Gasteiger partial charge in [-0.2, -0.15) is 0 Å². The Hall–Kier alpha value is -1.59. The molecule has 0 spiro atoms. The van der Waals surface area contributed by atoms with Crippen LogP contribution in [0.2, 0.25) is 0 Å². The Morgan fingerprint density at radius 1 is 1.33 bits per heavy atom. The third-order valence-corrected chi connectivity index (χ3v) is 4.94. The van der Waals surface area contributed by atoms with Gasteiger partial charge in [0, 0.05) is 26.1 Å². The molecule has 2 fully saturated rings. The number of hydrogen-bond donors (Lipinski definition) is 1. The van der Waals surface area contributed by atoms with Crippen molar-refractivity contribution in [3.8, 4) is 0 Å². The number of nitrogens with zero attached hydrogens (tertiary/aromatic N) is 2. The van der Waals surface area contributed by atoms with Gasteiger partial charge in [-0.3, -0.25) is 14.4 Å². The molecule has 2 rings (SSSR count). The van der Waals surface area contributed by atoms with Crippen LogP contribution in [-0.4, -0.2) is 58.9 Å². The second-order valence-electron chi connectivity index (χ2n) is 6.52. The predicted molar refractivity (Wildman–Crippen MR) is 76.5 cm³/mol. The molecule has 2 atom stereocenters. The zero-order chi connectivity index (χ0) is 15.6. The summed E-state index contributed by atoms with van der Waals surface area (Å²) in [5.41, 5.74) is -0.890. The normalized spacial score (nSPS) is 30.4. The molecule has 0 aromatic rings. The monoisotopic (exact) mass is 296 g/mol. The van der Waals surface area contributed by atoms with Gasteiger partial charge in [0.1, 0.15) is 0 Å². The summed E-state index contributed by atoms with van der Waals surface area (Å²) in [6, 6.07) is 0. The van der Waals surface area contributed by atoms with Crippen LogP contribution in [0.4, 0.5) is 0 Å². The lowest BCUT2D eigenvalue weighted by molar-refractivity contribution is -0.149. The number of carbonyl (C=O) groups is 3. The van der Waals surface area contributed by atoms with Crippen molar-refractivity contribution in [2.45, 2.75) is 39.5 Å². The zero-order valence-corrected chi connectivity index (χ0v) is 12.8. The average molecular weight is 296 g/mol. The first kappa shape index (κ1) is 15.8. The zero-order valence-electron chi connectivity index (χ0n) is 12.8. The molecule has 0 aromatic carbocycles. The van der Waals surface area contributed by atoms with E-state index in [1.807, 2.05) is 6.92 Å².